The van der Waals surface area contributed by atoms with E-state index in [1.807, 2.05) is 0 Å². The maximum atomic E-state index is 11.8. The Bertz CT molecular complexity index is 701. The number of aromatic nitrogens is 1. The van der Waals surface area contributed by atoms with Crippen molar-refractivity contribution in [3.05, 3.63) is 29.0 Å². The van der Waals surface area contributed by atoms with Gasteiger partial charge in [0.05, 0.1) is 17.3 Å². The Balaban J connectivity index is 1.62. The lowest BCUT2D eigenvalue weighted by atomic mass is 10.2. The first-order valence-corrected chi connectivity index (χ1v) is 7.06. The second-order valence-corrected chi connectivity index (χ2v) is 5.11. The van der Waals surface area contributed by atoms with Gasteiger partial charge in [-0.3, -0.25) is 4.79 Å². The van der Waals surface area contributed by atoms with Gasteiger partial charge in [-0.1, -0.05) is 16.8 Å². The number of anilines is 2. The molecule has 0 fully saturated rings. The van der Waals surface area contributed by atoms with E-state index in [0.717, 1.165) is 0 Å². The Morgan fingerprint density at radius 1 is 1.27 bits per heavy atom. The molecule has 1 aliphatic rings. The lowest BCUT2D eigenvalue weighted by molar-refractivity contribution is -0.114. The maximum Gasteiger partial charge on any atom is 0.244 e. The standard InChI is InChI=1S/C14H14ClN3O4/c1-8-4-13(18-22-8)17-14(19)7-16-10-6-12-11(5-9(10)15)20-2-3-21-12/h4-6,16H,2-3,7H2,1H3,(H,17,18,19). The molecule has 116 valence electrons. The largest absolute Gasteiger partial charge is 0.486 e. The van der Waals surface area contributed by atoms with Crippen LogP contribution in [0.15, 0.2) is 22.7 Å². The van der Waals surface area contributed by atoms with E-state index < -0.39 is 0 Å². The van der Waals surface area contributed by atoms with Crippen LogP contribution in [0, 0.1) is 6.92 Å². The molecular formula is C14H14ClN3O4. The minimum absolute atomic E-state index is 0.0330. The Morgan fingerprint density at radius 2 is 2.00 bits per heavy atom. The molecule has 2 heterocycles. The zero-order valence-electron chi connectivity index (χ0n) is 11.8. The van der Waals surface area contributed by atoms with Crippen molar-refractivity contribution in [3.8, 4) is 11.5 Å². The molecule has 1 amide bonds. The highest BCUT2D eigenvalue weighted by atomic mass is 35.5. The summed E-state index contributed by atoms with van der Waals surface area (Å²) in [7, 11) is 0. The minimum atomic E-state index is -0.265. The Morgan fingerprint density at radius 3 is 2.68 bits per heavy atom. The molecule has 8 heteroatoms. The first kappa shape index (κ1) is 14.5. The second-order valence-electron chi connectivity index (χ2n) is 4.70. The lowest BCUT2D eigenvalue weighted by Crippen LogP contribution is -2.22. The van der Waals surface area contributed by atoms with Crippen LogP contribution in [-0.2, 0) is 4.79 Å². The van der Waals surface area contributed by atoms with E-state index in [1.54, 1.807) is 25.1 Å². The topological polar surface area (TPSA) is 85.6 Å². The highest BCUT2D eigenvalue weighted by molar-refractivity contribution is 6.33. The first-order valence-electron chi connectivity index (χ1n) is 6.68. The third kappa shape index (κ3) is 3.25. The molecule has 0 atom stereocenters. The fourth-order valence-corrected chi connectivity index (χ4v) is 2.21. The number of carbonyl (C=O) groups excluding carboxylic acids is 1. The van der Waals surface area contributed by atoms with Crippen molar-refractivity contribution in [2.45, 2.75) is 6.92 Å². The molecule has 1 aliphatic heterocycles. The zero-order chi connectivity index (χ0) is 15.5. The minimum Gasteiger partial charge on any atom is -0.486 e. The number of halogens is 1. The number of nitrogens with one attached hydrogen (secondary N) is 2. The third-order valence-corrected chi connectivity index (χ3v) is 3.28. The van der Waals surface area contributed by atoms with E-state index in [1.165, 1.54) is 0 Å². The fourth-order valence-electron chi connectivity index (χ4n) is 1.99. The van der Waals surface area contributed by atoms with Crippen LogP contribution in [0.5, 0.6) is 11.5 Å². The average Bonchev–Trinajstić information content (AvgIpc) is 2.90. The number of rotatable bonds is 4. The average molecular weight is 324 g/mol. The van der Waals surface area contributed by atoms with Crippen molar-refractivity contribution < 1.29 is 18.8 Å². The third-order valence-electron chi connectivity index (χ3n) is 2.97. The summed E-state index contributed by atoms with van der Waals surface area (Å²) in [6, 6.07) is 5.01. The van der Waals surface area contributed by atoms with Gasteiger partial charge < -0.3 is 24.6 Å². The van der Waals surface area contributed by atoms with Gasteiger partial charge in [-0.05, 0) is 6.92 Å². The summed E-state index contributed by atoms with van der Waals surface area (Å²) in [5, 5.41) is 9.70. The van der Waals surface area contributed by atoms with Gasteiger partial charge in [-0.25, -0.2) is 0 Å². The molecule has 0 unspecified atom stereocenters. The van der Waals surface area contributed by atoms with Crippen molar-refractivity contribution in [2.75, 3.05) is 30.4 Å². The van der Waals surface area contributed by atoms with Crippen molar-refractivity contribution >= 4 is 29.0 Å². The SMILES string of the molecule is Cc1cc(NC(=O)CNc2cc3c(cc2Cl)OCCO3)no1. The fraction of sp³-hybridized carbons (Fsp3) is 0.286. The van der Waals surface area contributed by atoms with Gasteiger partial charge in [0.1, 0.15) is 19.0 Å². The molecule has 3 rings (SSSR count). The van der Waals surface area contributed by atoms with Gasteiger partial charge in [0.2, 0.25) is 5.91 Å². The van der Waals surface area contributed by atoms with Crippen LogP contribution in [0.2, 0.25) is 5.02 Å². The number of benzene rings is 1. The molecule has 0 saturated carbocycles. The van der Waals surface area contributed by atoms with Crippen LogP contribution in [0.4, 0.5) is 11.5 Å². The van der Waals surface area contributed by atoms with Gasteiger partial charge in [0.25, 0.3) is 0 Å². The molecule has 2 aromatic rings. The van der Waals surface area contributed by atoms with Gasteiger partial charge in [-0.2, -0.15) is 0 Å². The quantitative estimate of drug-likeness (QED) is 0.899. The number of carbonyl (C=O) groups is 1. The van der Waals surface area contributed by atoms with Crippen LogP contribution < -0.4 is 20.1 Å². The maximum absolute atomic E-state index is 11.8. The summed E-state index contributed by atoms with van der Waals surface area (Å²) in [6.45, 7) is 2.76. The van der Waals surface area contributed by atoms with Crippen LogP contribution in [0.25, 0.3) is 0 Å². The summed E-state index contributed by atoms with van der Waals surface area (Å²) in [6.07, 6.45) is 0. The summed E-state index contributed by atoms with van der Waals surface area (Å²) in [5.41, 5.74) is 0.595. The molecule has 7 nitrogen and oxygen atoms in total. The number of hydrogen-bond donors (Lipinski definition) is 2. The smallest absolute Gasteiger partial charge is 0.244 e. The van der Waals surface area contributed by atoms with Crippen LogP contribution in [0.3, 0.4) is 0 Å². The molecule has 0 aliphatic carbocycles. The molecular weight excluding hydrogens is 310 g/mol. The predicted molar refractivity (Wildman–Crippen MR) is 80.8 cm³/mol. The van der Waals surface area contributed by atoms with Gasteiger partial charge in [0.15, 0.2) is 17.3 Å². The monoisotopic (exact) mass is 323 g/mol. The van der Waals surface area contributed by atoms with Crippen molar-refractivity contribution in [3.63, 3.8) is 0 Å². The summed E-state index contributed by atoms with van der Waals surface area (Å²) in [5.74, 6) is 1.94. The van der Waals surface area contributed by atoms with Crippen LogP contribution in [-0.4, -0.2) is 30.8 Å². The number of aryl methyl sites for hydroxylation is 1. The highest BCUT2D eigenvalue weighted by Crippen LogP contribution is 2.37. The summed E-state index contributed by atoms with van der Waals surface area (Å²) >= 11 is 6.15. The van der Waals surface area contributed by atoms with Gasteiger partial charge >= 0.3 is 0 Å². The molecule has 2 N–H and O–H groups in total. The lowest BCUT2D eigenvalue weighted by Gasteiger charge is -2.20. The summed E-state index contributed by atoms with van der Waals surface area (Å²) in [4.78, 5) is 11.8. The van der Waals surface area contributed by atoms with Crippen molar-refractivity contribution in [1.29, 1.82) is 0 Å². The molecule has 0 bridgehead atoms. The number of fused-ring (bicyclic) bond motifs is 1. The van der Waals surface area contributed by atoms with Crippen LogP contribution >= 0.6 is 11.6 Å². The zero-order valence-corrected chi connectivity index (χ0v) is 12.6. The van der Waals surface area contributed by atoms with E-state index in [4.69, 9.17) is 25.6 Å². The van der Waals surface area contributed by atoms with Crippen LogP contribution in [0.1, 0.15) is 5.76 Å². The molecule has 1 aromatic heterocycles. The van der Waals surface area contributed by atoms with E-state index in [0.29, 0.717) is 47.0 Å². The molecule has 0 radical (unpaired) electrons. The van der Waals surface area contributed by atoms with Gasteiger partial charge in [-0.15, -0.1) is 0 Å². The Hall–Kier alpha value is -2.41. The second kappa shape index (κ2) is 6.15. The van der Waals surface area contributed by atoms with Gasteiger partial charge in [0, 0.05) is 18.2 Å². The Kier molecular flexibility index (Phi) is 4.06. The summed E-state index contributed by atoms with van der Waals surface area (Å²) < 4.78 is 15.8. The molecule has 0 saturated heterocycles. The van der Waals surface area contributed by atoms with Crippen molar-refractivity contribution in [2.24, 2.45) is 0 Å². The normalized spacial score (nSPS) is 12.8. The molecule has 0 spiro atoms. The van der Waals surface area contributed by atoms with E-state index in [2.05, 4.69) is 15.8 Å². The van der Waals surface area contributed by atoms with E-state index >= 15 is 0 Å². The number of ether oxygens (including phenoxy) is 2. The highest BCUT2D eigenvalue weighted by Gasteiger charge is 2.15. The number of amides is 1. The number of nitrogens with zero attached hydrogens (tertiary/aromatic N) is 1. The van der Waals surface area contributed by atoms with Crippen molar-refractivity contribution in [1.82, 2.24) is 5.16 Å². The predicted octanol–water partition coefficient (Wildman–Crippen LogP) is 2.46. The Labute approximate surface area is 131 Å². The van der Waals surface area contributed by atoms with E-state index in [9.17, 15) is 4.79 Å². The molecule has 22 heavy (non-hydrogen) atoms. The first-order chi connectivity index (χ1) is 10.6. The van der Waals surface area contributed by atoms with E-state index in [-0.39, 0.29) is 12.5 Å². The molecule has 1 aromatic carbocycles. The number of hydrogen-bond acceptors (Lipinski definition) is 6.